The van der Waals surface area contributed by atoms with Crippen LogP contribution in [0.5, 0.6) is 0 Å². The highest BCUT2D eigenvalue weighted by molar-refractivity contribution is 5.46. The molecule has 0 fully saturated rings. The van der Waals surface area contributed by atoms with Crippen molar-refractivity contribution >= 4 is 11.6 Å². The van der Waals surface area contributed by atoms with E-state index < -0.39 is 0 Å². The predicted molar refractivity (Wildman–Crippen MR) is 68.8 cm³/mol. The minimum absolute atomic E-state index is 0.457. The van der Waals surface area contributed by atoms with Gasteiger partial charge in [0.2, 0.25) is 0 Å². The Morgan fingerprint density at radius 2 is 1.94 bits per heavy atom. The fraction of sp³-hybridized carbons (Fsp3) is 0.667. The Balaban J connectivity index is 2.52. The Kier molecular flexibility index (Phi) is 5.61. The van der Waals surface area contributed by atoms with E-state index in [4.69, 9.17) is 0 Å². The summed E-state index contributed by atoms with van der Waals surface area (Å²) in [6.45, 7) is 7.44. The van der Waals surface area contributed by atoms with E-state index >= 15 is 0 Å². The van der Waals surface area contributed by atoms with Gasteiger partial charge in [0.1, 0.15) is 18.0 Å². The molecule has 0 spiro atoms. The lowest BCUT2D eigenvalue weighted by Crippen LogP contribution is -2.15. The quantitative estimate of drug-likeness (QED) is 0.744. The molecule has 0 aliphatic heterocycles. The Morgan fingerprint density at radius 3 is 2.62 bits per heavy atom. The SMILES string of the molecule is CCCNc1cc(NC(C)CCC)ncn1. The molecule has 1 aromatic heterocycles. The van der Waals surface area contributed by atoms with Crippen LogP contribution in [0.3, 0.4) is 0 Å². The third kappa shape index (κ3) is 4.47. The third-order valence-corrected chi connectivity index (χ3v) is 2.34. The van der Waals surface area contributed by atoms with Crippen molar-refractivity contribution in [3.8, 4) is 0 Å². The topological polar surface area (TPSA) is 49.8 Å². The van der Waals surface area contributed by atoms with Crippen LogP contribution in [0.4, 0.5) is 11.6 Å². The summed E-state index contributed by atoms with van der Waals surface area (Å²) in [6, 6.07) is 2.42. The number of nitrogens with one attached hydrogen (secondary N) is 2. The zero-order valence-electron chi connectivity index (χ0n) is 10.5. The van der Waals surface area contributed by atoms with Crippen molar-refractivity contribution in [1.82, 2.24) is 9.97 Å². The lowest BCUT2D eigenvalue weighted by atomic mass is 10.2. The fourth-order valence-electron chi connectivity index (χ4n) is 1.54. The molecule has 1 unspecified atom stereocenters. The molecule has 0 bridgehead atoms. The molecule has 16 heavy (non-hydrogen) atoms. The Labute approximate surface area is 97.9 Å². The standard InChI is InChI=1S/C12H22N4/c1-4-6-10(3)16-12-8-11(13-7-5-2)14-9-15-12/h8-10H,4-7H2,1-3H3,(H2,13,14,15,16). The summed E-state index contributed by atoms with van der Waals surface area (Å²) in [5.41, 5.74) is 0. The molecule has 4 heteroatoms. The minimum Gasteiger partial charge on any atom is -0.370 e. The maximum atomic E-state index is 4.21. The summed E-state index contributed by atoms with van der Waals surface area (Å²) in [5.74, 6) is 1.79. The van der Waals surface area contributed by atoms with Gasteiger partial charge in [0, 0.05) is 18.7 Å². The van der Waals surface area contributed by atoms with E-state index in [9.17, 15) is 0 Å². The second-order valence-corrected chi connectivity index (χ2v) is 4.05. The molecule has 0 aliphatic carbocycles. The lowest BCUT2D eigenvalue weighted by Gasteiger charge is -2.13. The maximum absolute atomic E-state index is 4.21. The Hall–Kier alpha value is -1.32. The van der Waals surface area contributed by atoms with Crippen LogP contribution in [0.1, 0.15) is 40.0 Å². The van der Waals surface area contributed by atoms with Gasteiger partial charge in [0.15, 0.2) is 0 Å². The summed E-state index contributed by atoms with van der Waals surface area (Å²) in [5, 5.41) is 6.62. The molecule has 1 aromatic rings. The van der Waals surface area contributed by atoms with Crippen molar-refractivity contribution in [3.63, 3.8) is 0 Å². The molecule has 1 heterocycles. The first-order valence-electron chi connectivity index (χ1n) is 6.08. The summed E-state index contributed by atoms with van der Waals surface area (Å²) in [6.07, 6.45) is 5.03. The number of rotatable bonds is 7. The molecule has 2 N–H and O–H groups in total. The first kappa shape index (κ1) is 12.7. The largest absolute Gasteiger partial charge is 0.370 e. The first-order chi connectivity index (χ1) is 7.76. The van der Waals surface area contributed by atoms with Crippen molar-refractivity contribution in [2.75, 3.05) is 17.2 Å². The van der Waals surface area contributed by atoms with Crippen LogP contribution < -0.4 is 10.6 Å². The highest BCUT2D eigenvalue weighted by Gasteiger charge is 2.02. The van der Waals surface area contributed by atoms with E-state index in [1.807, 2.05) is 6.07 Å². The number of anilines is 2. The van der Waals surface area contributed by atoms with Crippen molar-refractivity contribution in [3.05, 3.63) is 12.4 Å². The van der Waals surface area contributed by atoms with Crippen LogP contribution in [-0.4, -0.2) is 22.6 Å². The molecular formula is C12H22N4. The van der Waals surface area contributed by atoms with Gasteiger partial charge in [-0.05, 0) is 19.8 Å². The van der Waals surface area contributed by atoms with E-state index in [-0.39, 0.29) is 0 Å². The van der Waals surface area contributed by atoms with Gasteiger partial charge in [0.05, 0.1) is 0 Å². The van der Waals surface area contributed by atoms with Crippen LogP contribution in [-0.2, 0) is 0 Å². The van der Waals surface area contributed by atoms with Gasteiger partial charge < -0.3 is 10.6 Å². The van der Waals surface area contributed by atoms with Crippen LogP contribution in [0.25, 0.3) is 0 Å². The zero-order valence-corrected chi connectivity index (χ0v) is 10.5. The van der Waals surface area contributed by atoms with Crippen molar-refractivity contribution in [2.24, 2.45) is 0 Å². The van der Waals surface area contributed by atoms with Gasteiger partial charge >= 0.3 is 0 Å². The average molecular weight is 222 g/mol. The molecule has 0 amide bonds. The van der Waals surface area contributed by atoms with E-state index in [1.165, 1.54) is 6.42 Å². The van der Waals surface area contributed by atoms with Gasteiger partial charge in [-0.25, -0.2) is 9.97 Å². The summed E-state index contributed by atoms with van der Waals surface area (Å²) >= 11 is 0. The predicted octanol–water partition coefficient (Wildman–Crippen LogP) is 2.90. The highest BCUT2D eigenvalue weighted by Crippen LogP contribution is 2.11. The lowest BCUT2D eigenvalue weighted by molar-refractivity contribution is 0.687. The normalized spacial score (nSPS) is 12.2. The molecule has 0 aromatic carbocycles. The molecule has 1 rings (SSSR count). The molecule has 0 aliphatic rings. The highest BCUT2D eigenvalue weighted by atomic mass is 15.1. The summed E-state index contributed by atoms with van der Waals surface area (Å²) in [7, 11) is 0. The minimum atomic E-state index is 0.457. The van der Waals surface area contributed by atoms with E-state index in [0.717, 1.165) is 31.0 Å². The van der Waals surface area contributed by atoms with E-state index in [0.29, 0.717) is 6.04 Å². The van der Waals surface area contributed by atoms with Gasteiger partial charge in [-0.15, -0.1) is 0 Å². The van der Waals surface area contributed by atoms with Crippen LogP contribution in [0, 0.1) is 0 Å². The maximum Gasteiger partial charge on any atom is 0.131 e. The van der Waals surface area contributed by atoms with Crippen molar-refractivity contribution in [2.45, 2.75) is 46.1 Å². The van der Waals surface area contributed by atoms with Gasteiger partial charge in [-0.3, -0.25) is 0 Å². The second-order valence-electron chi connectivity index (χ2n) is 4.05. The Bertz CT molecular complexity index is 301. The number of aromatic nitrogens is 2. The number of hydrogen-bond donors (Lipinski definition) is 2. The summed E-state index contributed by atoms with van der Waals surface area (Å²) in [4.78, 5) is 8.38. The molecule has 4 nitrogen and oxygen atoms in total. The summed E-state index contributed by atoms with van der Waals surface area (Å²) < 4.78 is 0. The second kappa shape index (κ2) is 7.04. The van der Waals surface area contributed by atoms with Crippen LogP contribution in [0.2, 0.25) is 0 Å². The van der Waals surface area contributed by atoms with Crippen LogP contribution >= 0.6 is 0 Å². The molecule has 90 valence electrons. The molecule has 0 radical (unpaired) electrons. The first-order valence-corrected chi connectivity index (χ1v) is 6.08. The Morgan fingerprint density at radius 1 is 1.19 bits per heavy atom. The van der Waals surface area contributed by atoms with Gasteiger partial charge in [-0.1, -0.05) is 20.3 Å². The number of nitrogens with zero attached hydrogens (tertiary/aromatic N) is 2. The molecule has 0 saturated heterocycles. The monoisotopic (exact) mass is 222 g/mol. The van der Waals surface area contributed by atoms with Gasteiger partial charge in [-0.2, -0.15) is 0 Å². The van der Waals surface area contributed by atoms with Gasteiger partial charge in [0.25, 0.3) is 0 Å². The third-order valence-electron chi connectivity index (χ3n) is 2.34. The average Bonchev–Trinajstić information content (AvgIpc) is 2.27. The zero-order chi connectivity index (χ0) is 11.8. The van der Waals surface area contributed by atoms with Crippen molar-refractivity contribution < 1.29 is 0 Å². The van der Waals surface area contributed by atoms with Crippen molar-refractivity contribution in [1.29, 1.82) is 0 Å². The fourth-order valence-corrected chi connectivity index (χ4v) is 1.54. The molecule has 1 atom stereocenters. The van der Waals surface area contributed by atoms with E-state index in [1.54, 1.807) is 6.33 Å². The molecule has 0 saturated carbocycles. The smallest absolute Gasteiger partial charge is 0.131 e. The van der Waals surface area contributed by atoms with Crippen LogP contribution in [0.15, 0.2) is 12.4 Å². The molecular weight excluding hydrogens is 200 g/mol. The number of hydrogen-bond acceptors (Lipinski definition) is 4. The van der Waals surface area contributed by atoms with E-state index in [2.05, 4.69) is 41.4 Å².